The molecule has 0 aromatic carbocycles. The van der Waals surface area contributed by atoms with Gasteiger partial charge < -0.3 is 20.1 Å². The van der Waals surface area contributed by atoms with E-state index < -0.39 is 5.60 Å². The summed E-state index contributed by atoms with van der Waals surface area (Å²) in [5, 5.41) is 13.4. The number of likely N-dealkylation sites (N-methyl/N-ethyl adjacent to an activating group) is 1. The quantitative estimate of drug-likeness (QED) is 0.277. The number of aliphatic imine (C=N–C) groups is 1. The van der Waals surface area contributed by atoms with E-state index in [4.69, 9.17) is 4.74 Å². The molecule has 2 aliphatic rings. The van der Waals surface area contributed by atoms with E-state index in [2.05, 4.69) is 22.1 Å². The second-order valence-corrected chi connectivity index (χ2v) is 6.19. The number of hydrogen-bond acceptors (Lipinski definition) is 3. The van der Waals surface area contributed by atoms with Crippen LogP contribution in [0.2, 0.25) is 0 Å². The maximum absolute atomic E-state index is 10.1. The lowest BCUT2D eigenvalue weighted by molar-refractivity contribution is -0.0237. The van der Waals surface area contributed by atoms with Gasteiger partial charge in [-0.3, -0.25) is 4.99 Å². The lowest BCUT2D eigenvalue weighted by Gasteiger charge is -2.35. The topological polar surface area (TPSA) is 57.1 Å². The summed E-state index contributed by atoms with van der Waals surface area (Å²) in [6.07, 6.45) is 5.54. The summed E-state index contributed by atoms with van der Waals surface area (Å²) < 4.78 is 5.66. The molecule has 0 aromatic rings. The van der Waals surface area contributed by atoms with Gasteiger partial charge in [-0.2, -0.15) is 0 Å². The third kappa shape index (κ3) is 6.69. The van der Waals surface area contributed by atoms with Gasteiger partial charge in [0.15, 0.2) is 5.96 Å². The molecule has 0 atom stereocenters. The monoisotopic (exact) mass is 411 g/mol. The molecule has 6 heteroatoms. The van der Waals surface area contributed by atoms with Crippen molar-refractivity contribution < 1.29 is 9.84 Å². The molecule has 0 saturated heterocycles. The fraction of sp³-hybridized carbons (Fsp3) is 0.933. The van der Waals surface area contributed by atoms with Crippen molar-refractivity contribution in [1.82, 2.24) is 10.2 Å². The molecule has 5 nitrogen and oxygen atoms in total. The summed E-state index contributed by atoms with van der Waals surface area (Å²) in [4.78, 5) is 6.64. The Hall–Kier alpha value is -0.0800. The highest BCUT2D eigenvalue weighted by atomic mass is 127. The molecule has 0 radical (unpaired) electrons. The molecule has 21 heavy (non-hydrogen) atoms. The summed E-state index contributed by atoms with van der Waals surface area (Å²) in [7, 11) is 2.02. The van der Waals surface area contributed by atoms with Gasteiger partial charge in [-0.05, 0) is 44.9 Å². The predicted octanol–water partition coefficient (Wildman–Crippen LogP) is 1.84. The minimum Gasteiger partial charge on any atom is -0.388 e. The van der Waals surface area contributed by atoms with Crippen molar-refractivity contribution in [3.05, 3.63) is 0 Å². The van der Waals surface area contributed by atoms with Crippen LogP contribution >= 0.6 is 24.0 Å². The standard InChI is InChI=1S/C15H29N3O2.HI/c1-3-16-14(17-12-15(19)7-4-8-15)18(2)9-10-20-11-13-5-6-13;/h13,19H,3-12H2,1-2H3,(H,16,17);1H. The third-order valence-corrected chi connectivity index (χ3v) is 4.13. The summed E-state index contributed by atoms with van der Waals surface area (Å²) in [6, 6.07) is 0. The van der Waals surface area contributed by atoms with Crippen molar-refractivity contribution in [2.75, 3.05) is 39.9 Å². The third-order valence-electron chi connectivity index (χ3n) is 4.13. The number of nitrogens with zero attached hydrogens (tertiary/aromatic N) is 2. The van der Waals surface area contributed by atoms with Crippen molar-refractivity contribution in [3.8, 4) is 0 Å². The first-order valence-electron chi connectivity index (χ1n) is 7.92. The Morgan fingerprint density at radius 3 is 2.67 bits per heavy atom. The number of guanidine groups is 1. The van der Waals surface area contributed by atoms with Crippen molar-refractivity contribution in [3.63, 3.8) is 0 Å². The van der Waals surface area contributed by atoms with Crippen LogP contribution in [-0.2, 0) is 4.74 Å². The Balaban J connectivity index is 0.00000220. The van der Waals surface area contributed by atoms with E-state index in [-0.39, 0.29) is 24.0 Å². The molecule has 0 unspecified atom stereocenters. The zero-order valence-corrected chi connectivity index (χ0v) is 15.6. The number of ether oxygens (including phenoxy) is 1. The molecular weight excluding hydrogens is 381 g/mol. The van der Waals surface area contributed by atoms with Crippen molar-refractivity contribution in [1.29, 1.82) is 0 Å². The van der Waals surface area contributed by atoms with E-state index in [0.29, 0.717) is 6.54 Å². The van der Waals surface area contributed by atoms with Crippen LogP contribution in [0.4, 0.5) is 0 Å². The number of nitrogens with one attached hydrogen (secondary N) is 1. The lowest BCUT2D eigenvalue weighted by Crippen LogP contribution is -2.44. The van der Waals surface area contributed by atoms with Crippen molar-refractivity contribution >= 4 is 29.9 Å². The lowest BCUT2D eigenvalue weighted by atomic mass is 9.80. The SMILES string of the molecule is CCNC(=NCC1(O)CCC1)N(C)CCOCC1CC1.I. The highest BCUT2D eigenvalue weighted by Crippen LogP contribution is 2.31. The molecule has 0 amide bonds. The Morgan fingerprint density at radius 1 is 1.43 bits per heavy atom. The molecule has 2 fully saturated rings. The molecule has 2 aliphatic carbocycles. The van der Waals surface area contributed by atoms with E-state index in [9.17, 15) is 5.11 Å². The highest BCUT2D eigenvalue weighted by Gasteiger charge is 2.34. The van der Waals surface area contributed by atoms with Crippen LogP contribution in [0.5, 0.6) is 0 Å². The number of halogens is 1. The largest absolute Gasteiger partial charge is 0.388 e. The maximum atomic E-state index is 10.1. The first-order chi connectivity index (χ1) is 9.63. The summed E-state index contributed by atoms with van der Waals surface area (Å²) >= 11 is 0. The zero-order chi connectivity index (χ0) is 14.4. The van der Waals surface area contributed by atoms with Crippen LogP contribution < -0.4 is 5.32 Å². The fourth-order valence-corrected chi connectivity index (χ4v) is 2.28. The fourth-order valence-electron chi connectivity index (χ4n) is 2.28. The molecule has 0 spiro atoms. The van der Waals surface area contributed by atoms with Crippen molar-refractivity contribution in [2.45, 2.75) is 44.6 Å². The number of aliphatic hydroxyl groups is 1. The first-order valence-corrected chi connectivity index (χ1v) is 7.92. The molecule has 2 rings (SSSR count). The van der Waals surface area contributed by atoms with E-state index in [1.165, 1.54) is 12.8 Å². The molecule has 2 N–H and O–H groups in total. The Kier molecular flexibility index (Phi) is 8.26. The van der Waals surface area contributed by atoms with Gasteiger partial charge in [0.05, 0.1) is 18.8 Å². The normalized spacial score (nSPS) is 20.4. The molecule has 0 bridgehead atoms. The second-order valence-electron chi connectivity index (χ2n) is 6.19. The maximum Gasteiger partial charge on any atom is 0.193 e. The molecule has 124 valence electrons. The molecular formula is C15H30IN3O2. The van der Waals surface area contributed by atoms with E-state index in [1.807, 2.05) is 7.05 Å². The van der Waals surface area contributed by atoms with Gasteiger partial charge in [-0.15, -0.1) is 24.0 Å². The van der Waals surface area contributed by atoms with E-state index in [0.717, 1.165) is 57.4 Å². The van der Waals surface area contributed by atoms with E-state index in [1.54, 1.807) is 0 Å². The number of rotatable bonds is 8. The Labute approximate surface area is 145 Å². The molecule has 0 aliphatic heterocycles. The Bertz CT molecular complexity index is 331. The van der Waals surface area contributed by atoms with Crippen LogP contribution in [0.15, 0.2) is 4.99 Å². The van der Waals surface area contributed by atoms with Crippen molar-refractivity contribution in [2.24, 2.45) is 10.9 Å². The highest BCUT2D eigenvalue weighted by molar-refractivity contribution is 14.0. The van der Waals surface area contributed by atoms with Crippen LogP contribution in [-0.4, -0.2) is 61.5 Å². The smallest absolute Gasteiger partial charge is 0.193 e. The van der Waals surface area contributed by atoms with Crippen LogP contribution in [0.1, 0.15) is 39.0 Å². The van der Waals surface area contributed by atoms with Gasteiger partial charge in [0.2, 0.25) is 0 Å². The first kappa shape index (κ1) is 19.0. The summed E-state index contributed by atoms with van der Waals surface area (Å²) in [5.74, 6) is 1.68. The summed E-state index contributed by atoms with van der Waals surface area (Å²) in [5.41, 5.74) is -0.552. The van der Waals surface area contributed by atoms with Gasteiger partial charge in [-0.25, -0.2) is 0 Å². The van der Waals surface area contributed by atoms with E-state index >= 15 is 0 Å². The average Bonchev–Trinajstić information content (AvgIpc) is 3.21. The summed E-state index contributed by atoms with van der Waals surface area (Å²) in [6.45, 7) is 5.87. The van der Waals surface area contributed by atoms with Gasteiger partial charge in [0.1, 0.15) is 0 Å². The molecule has 2 saturated carbocycles. The van der Waals surface area contributed by atoms with Gasteiger partial charge in [0.25, 0.3) is 0 Å². The van der Waals surface area contributed by atoms with Crippen LogP contribution in [0.25, 0.3) is 0 Å². The average molecular weight is 411 g/mol. The number of hydrogen-bond donors (Lipinski definition) is 2. The van der Waals surface area contributed by atoms with Gasteiger partial charge >= 0.3 is 0 Å². The predicted molar refractivity (Wildman–Crippen MR) is 96.4 cm³/mol. The van der Waals surface area contributed by atoms with Gasteiger partial charge in [-0.1, -0.05) is 0 Å². The second kappa shape index (κ2) is 9.15. The Morgan fingerprint density at radius 2 is 2.14 bits per heavy atom. The minimum atomic E-state index is -0.552. The zero-order valence-electron chi connectivity index (χ0n) is 13.3. The minimum absolute atomic E-state index is 0. The molecule has 0 heterocycles. The molecule has 0 aromatic heterocycles. The van der Waals surface area contributed by atoms with Crippen LogP contribution in [0, 0.1) is 5.92 Å². The van der Waals surface area contributed by atoms with Gasteiger partial charge in [0, 0.05) is 26.7 Å². The van der Waals surface area contributed by atoms with Crippen LogP contribution in [0.3, 0.4) is 0 Å².